The minimum atomic E-state index is -0.196. The molecule has 0 aliphatic rings. The maximum Gasteiger partial charge on any atom is 0.237 e. The van der Waals surface area contributed by atoms with Gasteiger partial charge in [0.15, 0.2) is 0 Å². The molecule has 19 heavy (non-hydrogen) atoms. The van der Waals surface area contributed by atoms with Crippen LogP contribution in [0.2, 0.25) is 5.02 Å². The van der Waals surface area contributed by atoms with Crippen molar-refractivity contribution in [3.63, 3.8) is 0 Å². The number of thioether (sulfide) groups is 1. The fourth-order valence-electron chi connectivity index (χ4n) is 1.53. The lowest BCUT2D eigenvalue weighted by molar-refractivity contribution is -0.115. The Balaban J connectivity index is 2.56. The third kappa shape index (κ3) is 5.30. The fourth-order valence-corrected chi connectivity index (χ4v) is 2.76. The van der Waals surface area contributed by atoms with Crippen LogP contribution in [0.5, 0.6) is 0 Å². The summed E-state index contributed by atoms with van der Waals surface area (Å²) in [7, 11) is 0. The van der Waals surface area contributed by atoms with Crippen LogP contribution in [0.25, 0.3) is 0 Å². The molecule has 106 valence electrons. The van der Waals surface area contributed by atoms with E-state index in [2.05, 4.69) is 5.32 Å². The Morgan fingerprint density at radius 1 is 1.53 bits per heavy atom. The summed E-state index contributed by atoms with van der Waals surface area (Å²) in [4.78, 5) is 12.0. The van der Waals surface area contributed by atoms with Gasteiger partial charge >= 0.3 is 0 Å². The highest BCUT2D eigenvalue weighted by Gasteiger charge is 2.17. The zero-order chi connectivity index (χ0) is 14.4. The highest BCUT2D eigenvalue weighted by molar-refractivity contribution is 8.01. The van der Waals surface area contributed by atoms with Gasteiger partial charge < -0.3 is 16.2 Å². The number of aliphatic hydroxyl groups is 1. The number of carbonyl (C=O) groups excluding carboxylic acids is 1. The number of amides is 1. The van der Waals surface area contributed by atoms with Crippen molar-refractivity contribution in [1.29, 1.82) is 0 Å². The van der Waals surface area contributed by atoms with Crippen LogP contribution in [-0.2, 0) is 4.79 Å². The smallest absolute Gasteiger partial charge is 0.237 e. The molecule has 0 bridgehead atoms. The highest BCUT2D eigenvalue weighted by atomic mass is 35.5. The molecule has 4 nitrogen and oxygen atoms in total. The summed E-state index contributed by atoms with van der Waals surface area (Å²) in [6, 6.07) is 5.00. The maximum absolute atomic E-state index is 12.0. The maximum atomic E-state index is 12.0. The molecule has 0 heterocycles. The lowest BCUT2D eigenvalue weighted by Crippen LogP contribution is -2.24. The fraction of sp³-hybridized carbons (Fsp3) is 0.462. The second kappa shape index (κ2) is 7.62. The first-order chi connectivity index (χ1) is 8.93. The minimum Gasteiger partial charge on any atom is -0.397 e. The van der Waals surface area contributed by atoms with Crippen molar-refractivity contribution in [2.75, 3.05) is 17.7 Å². The van der Waals surface area contributed by atoms with Crippen molar-refractivity contribution in [1.82, 2.24) is 0 Å². The summed E-state index contributed by atoms with van der Waals surface area (Å²) in [5, 5.41) is 12.1. The van der Waals surface area contributed by atoms with Gasteiger partial charge in [-0.15, -0.1) is 11.8 Å². The molecule has 1 rings (SSSR count). The predicted octanol–water partition coefficient (Wildman–Crippen LogP) is 2.75. The number of halogens is 1. The normalized spacial score (nSPS) is 13.9. The van der Waals surface area contributed by atoms with E-state index in [1.807, 2.05) is 13.8 Å². The number of nitrogens with one attached hydrogen (secondary N) is 1. The van der Waals surface area contributed by atoms with Crippen LogP contribution in [0.3, 0.4) is 0 Å². The number of nitrogen functional groups attached to an aromatic ring is 1. The molecule has 0 fully saturated rings. The summed E-state index contributed by atoms with van der Waals surface area (Å²) >= 11 is 7.35. The van der Waals surface area contributed by atoms with Crippen molar-refractivity contribution in [2.24, 2.45) is 0 Å². The first kappa shape index (κ1) is 16.1. The Morgan fingerprint density at radius 3 is 2.79 bits per heavy atom. The lowest BCUT2D eigenvalue weighted by Gasteiger charge is -2.16. The molecule has 0 aliphatic heterocycles. The van der Waals surface area contributed by atoms with E-state index in [4.69, 9.17) is 22.4 Å². The topological polar surface area (TPSA) is 75.3 Å². The van der Waals surface area contributed by atoms with Gasteiger partial charge in [-0.05, 0) is 31.5 Å². The Morgan fingerprint density at radius 2 is 2.21 bits per heavy atom. The summed E-state index contributed by atoms with van der Waals surface area (Å²) in [5.41, 5.74) is 6.75. The predicted molar refractivity (Wildman–Crippen MR) is 82.7 cm³/mol. The van der Waals surface area contributed by atoms with E-state index in [1.54, 1.807) is 18.2 Å². The molecule has 2 atom stereocenters. The lowest BCUT2D eigenvalue weighted by atomic mass is 10.2. The summed E-state index contributed by atoms with van der Waals surface area (Å²) in [5.74, 6) is -0.0866. The van der Waals surface area contributed by atoms with E-state index < -0.39 is 0 Å². The van der Waals surface area contributed by atoms with Crippen LogP contribution < -0.4 is 11.1 Å². The molecule has 4 N–H and O–H groups in total. The van der Waals surface area contributed by atoms with Crippen molar-refractivity contribution < 1.29 is 9.90 Å². The number of rotatable bonds is 6. The average molecular weight is 303 g/mol. The van der Waals surface area contributed by atoms with Gasteiger partial charge in [0, 0.05) is 17.5 Å². The second-order valence-electron chi connectivity index (χ2n) is 4.33. The van der Waals surface area contributed by atoms with Crippen molar-refractivity contribution in [2.45, 2.75) is 30.8 Å². The molecule has 0 spiro atoms. The van der Waals surface area contributed by atoms with Gasteiger partial charge in [-0.25, -0.2) is 0 Å². The Kier molecular flexibility index (Phi) is 6.48. The second-order valence-corrected chi connectivity index (χ2v) is 6.52. The number of carbonyl (C=O) groups is 1. The van der Waals surface area contributed by atoms with Gasteiger partial charge in [0.2, 0.25) is 5.91 Å². The summed E-state index contributed by atoms with van der Waals surface area (Å²) in [6.45, 7) is 3.97. The van der Waals surface area contributed by atoms with Gasteiger partial charge in [-0.1, -0.05) is 18.5 Å². The molecule has 0 radical (unpaired) electrons. The quantitative estimate of drug-likeness (QED) is 0.706. The van der Waals surface area contributed by atoms with Crippen LogP contribution in [-0.4, -0.2) is 28.1 Å². The SMILES string of the molecule is CC(CCO)SC(C)C(=O)Nc1ccc(Cl)c(N)c1. The molecule has 1 aromatic rings. The first-order valence-electron chi connectivity index (χ1n) is 6.06. The van der Waals surface area contributed by atoms with Crippen LogP contribution in [0.4, 0.5) is 11.4 Å². The van der Waals surface area contributed by atoms with Crippen molar-refractivity contribution >= 4 is 40.6 Å². The molecular weight excluding hydrogens is 284 g/mol. The van der Waals surface area contributed by atoms with E-state index in [-0.39, 0.29) is 23.0 Å². The van der Waals surface area contributed by atoms with Crippen LogP contribution in [0.15, 0.2) is 18.2 Å². The standard InChI is InChI=1S/C13H19ClN2O2S/c1-8(5-6-17)19-9(2)13(18)16-10-3-4-11(14)12(15)7-10/h3-4,7-9,17H,5-6,15H2,1-2H3,(H,16,18). The molecular formula is C13H19ClN2O2S. The average Bonchev–Trinajstić information content (AvgIpc) is 2.34. The molecule has 0 saturated carbocycles. The number of nitrogens with two attached hydrogens (primary N) is 1. The number of aliphatic hydroxyl groups excluding tert-OH is 1. The minimum absolute atomic E-state index is 0.0866. The van der Waals surface area contributed by atoms with E-state index in [9.17, 15) is 4.79 Å². The number of hydrogen-bond acceptors (Lipinski definition) is 4. The molecule has 6 heteroatoms. The van der Waals surface area contributed by atoms with Crippen molar-refractivity contribution in [3.8, 4) is 0 Å². The monoisotopic (exact) mass is 302 g/mol. The molecule has 0 saturated heterocycles. The van der Waals surface area contributed by atoms with Gasteiger partial charge in [-0.2, -0.15) is 0 Å². The highest BCUT2D eigenvalue weighted by Crippen LogP contribution is 2.24. The van der Waals surface area contributed by atoms with Gasteiger partial charge in [-0.3, -0.25) is 4.79 Å². The molecule has 1 amide bonds. The van der Waals surface area contributed by atoms with Crippen LogP contribution >= 0.6 is 23.4 Å². The summed E-state index contributed by atoms with van der Waals surface area (Å²) < 4.78 is 0. The molecule has 0 aromatic heterocycles. The van der Waals surface area contributed by atoms with Crippen molar-refractivity contribution in [3.05, 3.63) is 23.2 Å². The van der Waals surface area contributed by atoms with E-state index in [0.717, 1.165) is 0 Å². The molecule has 0 aliphatic carbocycles. The first-order valence-corrected chi connectivity index (χ1v) is 7.38. The Labute approximate surface area is 122 Å². The molecule has 2 unspecified atom stereocenters. The number of hydrogen-bond donors (Lipinski definition) is 3. The molecule has 1 aromatic carbocycles. The Bertz CT molecular complexity index is 443. The third-order valence-corrected chi connectivity index (χ3v) is 4.27. The number of anilines is 2. The van der Waals surface area contributed by atoms with E-state index in [1.165, 1.54) is 11.8 Å². The van der Waals surface area contributed by atoms with Gasteiger partial charge in [0.25, 0.3) is 0 Å². The van der Waals surface area contributed by atoms with Gasteiger partial charge in [0.05, 0.1) is 16.0 Å². The zero-order valence-electron chi connectivity index (χ0n) is 11.0. The largest absolute Gasteiger partial charge is 0.397 e. The van der Waals surface area contributed by atoms with Crippen LogP contribution in [0, 0.1) is 0 Å². The number of benzene rings is 1. The van der Waals surface area contributed by atoms with E-state index >= 15 is 0 Å². The Hall–Kier alpha value is -0.910. The van der Waals surface area contributed by atoms with Crippen LogP contribution in [0.1, 0.15) is 20.3 Å². The third-order valence-electron chi connectivity index (χ3n) is 2.60. The zero-order valence-corrected chi connectivity index (χ0v) is 12.6. The van der Waals surface area contributed by atoms with E-state index in [0.29, 0.717) is 22.8 Å². The van der Waals surface area contributed by atoms with Gasteiger partial charge in [0.1, 0.15) is 0 Å². The summed E-state index contributed by atoms with van der Waals surface area (Å²) in [6.07, 6.45) is 0.677.